The summed E-state index contributed by atoms with van der Waals surface area (Å²) in [6.07, 6.45) is 1.25. The number of benzene rings is 1. The topological polar surface area (TPSA) is 55.1 Å². The number of rotatable bonds is 6. The third kappa shape index (κ3) is 4.43. The van der Waals surface area contributed by atoms with E-state index in [9.17, 15) is 4.79 Å². The van der Waals surface area contributed by atoms with E-state index in [4.69, 9.17) is 18.0 Å². The third-order valence-corrected chi connectivity index (χ3v) is 3.89. The lowest BCUT2D eigenvalue weighted by Gasteiger charge is -2.05. The number of hydrogen-bond donors (Lipinski definition) is 2. The molecule has 0 aliphatic heterocycles. The number of nitrogens with one attached hydrogen (secondary N) is 1. The van der Waals surface area contributed by atoms with E-state index in [0.717, 1.165) is 17.5 Å². The summed E-state index contributed by atoms with van der Waals surface area (Å²) in [5.74, 6) is 0.0308. The zero-order chi connectivity index (χ0) is 14.4. The van der Waals surface area contributed by atoms with Gasteiger partial charge in [0.15, 0.2) is 0 Å². The van der Waals surface area contributed by atoms with Crippen LogP contribution < -0.4 is 11.1 Å². The molecule has 3 N–H and O–H groups in total. The second-order valence-corrected chi connectivity index (χ2v) is 5.69. The number of thiocarbonyl (C=S) groups is 1. The highest BCUT2D eigenvalue weighted by molar-refractivity contribution is 7.80. The lowest BCUT2D eigenvalue weighted by atomic mass is 10.1. The zero-order valence-electron chi connectivity index (χ0n) is 11.0. The van der Waals surface area contributed by atoms with Crippen molar-refractivity contribution in [2.75, 3.05) is 6.54 Å². The number of carbonyl (C=O) groups excluding carboxylic acids is 1. The molecular weight excluding hydrogens is 288 g/mol. The molecule has 104 valence electrons. The predicted molar refractivity (Wildman–Crippen MR) is 87.1 cm³/mol. The summed E-state index contributed by atoms with van der Waals surface area (Å²) < 4.78 is 0. The molecular formula is C15H16N2OS2. The average molecular weight is 304 g/mol. The van der Waals surface area contributed by atoms with Crippen molar-refractivity contribution in [1.29, 1.82) is 0 Å². The maximum Gasteiger partial charge on any atom is 0.224 e. The number of amides is 1. The van der Waals surface area contributed by atoms with E-state index in [1.165, 1.54) is 5.56 Å². The Kier molecular flexibility index (Phi) is 5.26. The van der Waals surface area contributed by atoms with Crippen LogP contribution in [-0.2, 0) is 17.6 Å². The van der Waals surface area contributed by atoms with Gasteiger partial charge in [-0.25, -0.2) is 0 Å². The van der Waals surface area contributed by atoms with E-state index >= 15 is 0 Å². The van der Waals surface area contributed by atoms with Gasteiger partial charge >= 0.3 is 0 Å². The highest BCUT2D eigenvalue weighted by Crippen LogP contribution is 2.07. The number of nitrogens with two attached hydrogens (primary N) is 1. The van der Waals surface area contributed by atoms with Gasteiger partial charge in [-0.3, -0.25) is 4.79 Å². The summed E-state index contributed by atoms with van der Waals surface area (Å²) in [4.78, 5) is 12.2. The molecule has 0 atom stereocenters. The molecule has 0 saturated heterocycles. The van der Waals surface area contributed by atoms with Crippen molar-refractivity contribution >= 4 is 34.5 Å². The zero-order valence-corrected chi connectivity index (χ0v) is 12.6. The number of hydrogen-bond acceptors (Lipinski definition) is 3. The highest BCUT2D eigenvalue weighted by atomic mass is 32.1. The molecule has 0 fully saturated rings. The number of carbonyl (C=O) groups is 1. The van der Waals surface area contributed by atoms with Gasteiger partial charge in [0.05, 0.1) is 6.42 Å². The van der Waals surface area contributed by atoms with E-state index in [2.05, 4.69) is 16.8 Å². The van der Waals surface area contributed by atoms with Crippen LogP contribution in [0.2, 0.25) is 0 Å². The molecule has 0 saturated carbocycles. The lowest BCUT2D eigenvalue weighted by molar-refractivity contribution is -0.120. The van der Waals surface area contributed by atoms with E-state index in [1.54, 1.807) is 11.3 Å². The number of thiophene rings is 1. The molecule has 0 radical (unpaired) electrons. The molecule has 1 heterocycles. The molecule has 0 aliphatic rings. The minimum atomic E-state index is 0.0308. The van der Waals surface area contributed by atoms with Crippen LogP contribution in [0.15, 0.2) is 41.1 Å². The molecule has 0 bridgehead atoms. The standard InChI is InChI=1S/C15H16N2OS2/c16-15(19)13-3-1-11(2-4-13)9-14(18)17-7-5-12-6-8-20-10-12/h1-4,6,8,10H,5,7,9H2,(H2,16,19)(H,17,18). The van der Waals surface area contributed by atoms with Gasteiger partial charge in [-0.2, -0.15) is 11.3 Å². The van der Waals surface area contributed by atoms with Crippen LogP contribution in [0.5, 0.6) is 0 Å². The van der Waals surface area contributed by atoms with Gasteiger partial charge < -0.3 is 11.1 Å². The fourth-order valence-electron chi connectivity index (χ4n) is 1.82. The van der Waals surface area contributed by atoms with E-state index in [-0.39, 0.29) is 5.91 Å². The average Bonchev–Trinajstić information content (AvgIpc) is 2.92. The fourth-order valence-corrected chi connectivity index (χ4v) is 2.66. The van der Waals surface area contributed by atoms with Crippen molar-refractivity contribution in [3.05, 3.63) is 57.8 Å². The van der Waals surface area contributed by atoms with Crippen molar-refractivity contribution < 1.29 is 4.79 Å². The van der Waals surface area contributed by atoms with Crippen LogP contribution in [0.4, 0.5) is 0 Å². The summed E-state index contributed by atoms with van der Waals surface area (Å²) in [6.45, 7) is 0.667. The first-order chi connectivity index (χ1) is 9.65. The summed E-state index contributed by atoms with van der Waals surface area (Å²) in [5.41, 5.74) is 8.57. The van der Waals surface area contributed by atoms with Crippen molar-refractivity contribution in [2.45, 2.75) is 12.8 Å². The summed E-state index contributed by atoms with van der Waals surface area (Å²) in [6, 6.07) is 9.53. The van der Waals surface area contributed by atoms with Crippen LogP contribution in [-0.4, -0.2) is 17.4 Å². The molecule has 0 spiro atoms. The molecule has 0 aliphatic carbocycles. The van der Waals surface area contributed by atoms with Crippen molar-refractivity contribution in [1.82, 2.24) is 5.32 Å². The summed E-state index contributed by atoms with van der Waals surface area (Å²) >= 11 is 6.56. The Morgan fingerprint density at radius 1 is 1.20 bits per heavy atom. The Bertz CT molecular complexity index is 576. The quantitative estimate of drug-likeness (QED) is 0.805. The largest absolute Gasteiger partial charge is 0.389 e. The third-order valence-electron chi connectivity index (χ3n) is 2.92. The fraction of sp³-hybridized carbons (Fsp3) is 0.200. The molecule has 2 rings (SSSR count). The Morgan fingerprint density at radius 2 is 1.95 bits per heavy atom. The van der Waals surface area contributed by atoms with Gasteiger partial charge in [0.25, 0.3) is 0 Å². The minimum Gasteiger partial charge on any atom is -0.389 e. The van der Waals surface area contributed by atoms with Gasteiger partial charge in [0.1, 0.15) is 4.99 Å². The molecule has 1 aromatic carbocycles. The molecule has 20 heavy (non-hydrogen) atoms. The first kappa shape index (κ1) is 14.7. The summed E-state index contributed by atoms with van der Waals surface area (Å²) in [5, 5.41) is 7.06. The second-order valence-electron chi connectivity index (χ2n) is 4.47. The van der Waals surface area contributed by atoms with Crippen LogP contribution in [0.25, 0.3) is 0 Å². The Labute approximate surface area is 127 Å². The molecule has 5 heteroatoms. The van der Waals surface area contributed by atoms with Crippen molar-refractivity contribution in [3.8, 4) is 0 Å². The Balaban J connectivity index is 1.77. The van der Waals surface area contributed by atoms with Gasteiger partial charge in [0, 0.05) is 12.1 Å². The maximum absolute atomic E-state index is 11.8. The van der Waals surface area contributed by atoms with Gasteiger partial charge in [0.2, 0.25) is 5.91 Å². The summed E-state index contributed by atoms with van der Waals surface area (Å²) in [7, 11) is 0. The second kappa shape index (κ2) is 7.17. The molecule has 0 unspecified atom stereocenters. The maximum atomic E-state index is 11.8. The first-order valence-electron chi connectivity index (χ1n) is 6.31. The van der Waals surface area contributed by atoms with E-state index in [0.29, 0.717) is 18.0 Å². The van der Waals surface area contributed by atoms with Crippen molar-refractivity contribution in [3.63, 3.8) is 0 Å². The van der Waals surface area contributed by atoms with Gasteiger partial charge in [-0.1, -0.05) is 36.5 Å². The van der Waals surface area contributed by atoms with Crippen LogP contribution in [0.1, 0.15) is 16.7 Å². The highest BCUT2D eigenvalue weighted by Gasteiger charge is 2.04. The molecule has 3 nitrogen and oxygen atoms in total. The van der Waals surface area contributed by atoms with Crippen molar-refractivity contribution in [2.24, 2.45) is 5.73 Å². The van der Waals surface area contributed by atoms with Crippen LogP contribution >= 0.6 is 23.6 Å². The normalized spacial score (nSPS) is 10.2. The SMILES string of the molecule is NC(=S)c1ccc(CC(=O)NCCc2ccsc2)cc1. The van der Waals surface area contributed by atoms with Gasteiger partial charge in [-0.05, 0) is 34.4 Å². The smallest absolute Gasteiger partial charge is 0.224 e. The van der Waals surface area contributed by atoms with Crippen LogP contribution in [0.3, 0.4) is 0 Å². The lowest BCUT2D eigenvalue weighted by Crippen LogP contribution is -2.27. The Hall–Kier alpha value is -1.72. The van der Waals surface area contributed by atoms with Crippen LogP contribution in [0, 0.1) is 0 Å². The van der Waals surface area contributed by atoms with Gasteiger partial charge in [-0.15, -0.1) is 0 Å². The van der Waals surface area contributed by atoms with E-state index < -0.39 is 0 Å². The first-order valence-corrected chi connectivity index (χ1v) is 7.67. The molecule has 1 aromatic heterocycles. The minimum absolute atomic E-state index is 0.0308. The monoisotopic (exact) mass is 304 g/mol. The molecule has 1 amide bonds. The molecule has 2 aromatic rings. The predicted octanol–water partition coefficient (Wildman–Crippen LogP) is 2.28. The van der Waals surface area contributed by atoms with E-state index in [1.807, 2.05) is 29.6 Å². The Morgan fingerprint density at radius 3 is 2.55 bits per heavy atom.